The minimum atomic E-state index is -3.53. The zero-order valence-corrected chi connectivity index (χ0v) is 14.0. The molecule has 1 aromatic rings. The number of rotatable bonds is 4. The summed E-state index contributed by atoms with van der Waals surface area (Å²) in [6.07, 6.45) is 3.00. The van der Waals surface area contributed by atoms with Crippen molar-refractivity contribution in [2.24, 2.45) is 17.6 Å². The van der Waals surface area contributed by atoms with E-state index in [1.54, 1.807) is 12.1 Å². The van der Waals surface area contributed by atoms with E-state index < -0.39 is 10.0 Å². The zero-order chi connectivity index (χ0) is 15.6. The average Bonchev–Trinajstić information content (AvgIpc) is 2.42. The Kier molecular flexibility index (Phi) is 5.30. The predicted molar refractivity (Wildman–Crippen MR) is 85.6 cm³/mol. The number of nitrogens with two attached hydrogens (primary N) is 1. The predicted octanol–water partition coefficient (Wildman–Crippen LogP) is 2.90. The van der Waals surface area contributed by atoms with E-state index in [4.69, 9.17) is 17.3 Å². The van der Waals surface area contributed by atoms with Crippen LogP contribution in [-0.4, -0.2) is 14.5 Å². The van der Waals surface area contributed by atoms with Crippen LogP contribution >= 0.6 is 11.6 Å². The van der Waals surface area contributed by atoms with E-state index in [1.165, 1.54) is 6.07 Å². The Morgan fingerprint density at radius 3 is 2.62 bits per heavy atom. The van der Waals surface area contributed by atoms with E-state index in [2.05, 4.69) is 18.6 Å². The molecule has 1 aliphatic carbocycles. The Labute approximate surface area is 132 Å². The van der Waals surface area contributed by atoms with Crippen molar-refractivity contribution in [2.75, 3.05) is 0 Å². The molecule has 6 heteroatoms. The lowest BCUT2D eigenvalue weighted by atomic mass is 9.80. The maximum atomic E-state index is 12.5. The second-order valence-electron chi connectivity index (χ2n) is 6.08. The molecule has 1 fully saturated rings. The summed E-state index contributed by atoms with van der Waals surface area (Å²) in [5.74, 6) is 1.02. The molecule has 3 N–H and O–H groups in total. The number of halogens is 1. The molecule has 1 aliphatic rings. The molecule has 1 saturated carbocycles. The molecule has 21 heavy (non-hydrogen) atoms. The number of nitrogens with one attached hydrogen (secondary N) is 1. The second-order valence-corrected chi connectivity index (χ2v) is 8.20. The van der Waals surface area contributed by atoms with Gasteiger partial charge in [-0.3, -0.25) is 0 Å². The van der Waals surface area contributed by atoms with Crippen LogP contribution in [0.15, 0.2) is 23.1 Å². The zero-order valence-electron chi connectivity index (χ0n) is 12.5. The summed E-state index contributed by atoms with van der Waals surface area (Å²) in [7, 11) is -3.53. The summed E-state index contributed by atoms with van der Waals surface area (Å²) in [6.45, 7) is 4.62. The first-order valence-corrected chi connectivity index (χ1v) is 9.20. The van der Waals surface area contributed by atoms with Crippen molar-refractivity contribution in [3.05, 3.63) is 28.8 Å². The van der Waals surface area contributed by atoms with E-state index in [1.807, 2.05) is 0 Å². The number of sulfonamides is 1. The first kappa shape index (κ1) is 16.7. The Balaban J connectivity index is 2.17. The van der Waals surface area contributed by atoms with Gasteiger partial charge in [0.1, 0.15) is 0 Å². The summed E-state index contributed by atoms with van der Waals surface area (Å²) < 4.78 is 27.8. The molecule has 0 bridgehead atoms. The van der Waals surface area contributed by atoms with Gasteiger partial charge in [-0.25, -0.2) is 13.1 Å². The Hall–Kier alpha value is -0.620. The van der Waals surface area contributed by atoms with Crippen LogP contribution in [0.3, 0.4) is 0 Å². The molecule has 1 aromatic carbocycles. The lowest BCUT2D eigenvalue weighted by Crippen LogP contribution is -2.42. The maximum Gasteiger partial charge on any atom is 0.240 e. The molecule has 4 nitrogen and oxygen atoms in total. The quantitative estimate of drug-likeness (QED) is 0.891. The fourth-order valence-corrected chi connectivity index (χ4v) is 4.70. The first-order chi connectivity index (χ1) is 9.83. The highest BCUT2D eigenvalue weighted by Gasteiger charge is 2.29. The summed E-state index contributed by atoms with van der Waals surface area (Å²) in [5.41, 5.74) is 6.29. The number of hydrogen-bond donors (Lipinski definition) is 2. The normalized spacial score (nSPS) is 26.8. The van der Waals surface area contributed by atoms with Gasteiger partial charge in [0.05, 0.1) is 4.90 Å². The lowest BCUT2D eigenvalue weighted by molar-refractivity contribution is 0.249. The van der Waals surface area contributed by atoms with Crippen LogP contribution in [-0.2, 0) is 16.6 Å². The van der Waals surface area contributed by atoms with E-state index in [0.29, 0.717) is 23.4 Å². The summed E-state index contributed by atoms with van der Waals surface area (Å²) >= 11 is 6.05. The van der Waals surface area contributed by atoms with Crippen LogP contribution in [0.2, 0.25) is 5.02 Å². The Bertz CT molecular complexity index is 604. The van der Waals surface area contributed by atoms with Gasteiger partial charge >= 0.3 is 0 Å². The molecule has 0 heterocycles. The van der Waals surface area contributed by atoms with Crippen LogP contribution in [0, 0.1) is 11.8 Å². The van der Waals surface area contributed by atoms with Crippen molar-refractivity contribution >= 4 is 21.6 Å². The SMILES string of the molecule is CC1CCC(NS(=O)(=O)c2ccc(CN)c(Cl)c2)C(C)C1. The number of hydrogen-bond acceptors (Lipinski definition) is 3. The van der Waals surface area contributed by atoms with Gasteiger partial charge < -0.3 is 5.73 Å². The van der Waals surface area contributed by atoms with Gasteiger partial charge in [0.15, 0.2) is 0 Å². The van der Waals surface area contributed by atoms with Crippen molar-refractivity contribution < 1.29 is 8.42 Å². The molecule has 0 spiro atoms. The van der Waals surface area contributed by atoms with Crippen molar-refractivity contribution in [1.82, 2.24) is 4.72 Å². The van der Waals surface area contributed by atoms with E-state index in [9.17, 15) is 8.42 Å². The average molecular weight is 331 g/mol. The third-order valence-electron chi connectivity index (χ3n) is 4.29. The van der Waals surface area contributed by atoms with Crippen molar-refractivity contribution in [1.29, 1.82) is 0 Å². The third kappa shape index (κ3) is 3.97. The molecule has 3 unspecified atom stereocenters. The molecular formula is C15H23ClN2O2S. The van der Waals surface area contributed by atoms with Gasteiger partial charge in [0, 0.05) is 17.6 Å². The van der Waals surface area contributed by atoms with Crippen LogP contribution in [0.5, 0.6) is 0 Å². The van der Waals surface area contributed by atoms with Crippen molar-refractivity contribution in [2.45, 2.75) is 50.6 Å². The highest BCUT2D eigenvalue weighted by molar-refractivity contribution is 7.89. The second kappa shape index (κ2) is 6.65. The monoisotopic (exact) mass is 330 g/mol. The largest absolute Gasteiger partial charge is 0.326 e. The van der Waals surface area contributed by atoms with Gasteiger partial charge in [-0.2, -0.15) is 0 Å². The van der Waals surface area contributed by atoms with Gasteiger partial charge in [0.2, 0.25) is 10.0 Å². The van der Waals surface area contributed by atoms with Gasteiger partial charge in [-0.1, -0.05) is 31.5 Å². The van der Waals surface area contributed by atoms with Gasteiger partial charge in [-0.05, 0) is 48.8 Å². The molecule has 2 rings (SSSR count). The summed E-state index contributed by atoms with van der Waals surface area (Å²) in [4.78, 5) is 0.204. The highest BCUT2D eigenvalue weighted by Crippen LogP contribution is 2.30. The van der Waals surface area contributed by atoms with Gasteiger partial charge in [0.25, 0.3) is 0 Å². The first-order valence-electron chi connectivity index (χ1n) is 7.34. The van der Waals surface area contributed by atoms with Gasteiger partial charge in [-0.15, -0.1) is 0 Å². The molecule has 0 aromatic heterocycles. The fraction of sp³-hybridized carbons (Fsp3) is 0.600. The summed E-state index contributed by atoms with van der Waals surface area (Å²) in [5, 5.41) is 0.394. The van der Waals surface area contributed by atoms with E-state index in [-0.39, 0.29) is 10.9 Å². The van der Waals surface area contributed by atoms with Crippen LogP contribution in [0.4, 0.5) is 0 Å². The molecule has 0 radical (unpaired) electrons. The standard InChI is InChI=1S/C15H23ClN2O2S/c1-10-3-6-15(11(2)7-10)18-21(19,20)13-5-4-12(9-17)14(16)8-13/h4-5,8,10-11,15,18H,3,6-7,9,17H2,1-2H3. The highest BCUT2D eigenvalue weighted by atomic mass is 35.5. The topological polar surface area (TPSA) is 72.2 Å². The third-order valence-corrected chi connectivity index (χ3v) is 6.13. The Morgan fingerprint density at radius 2 is 2.05 bits per heavy atom. The van der Waals surface area contributed by atoms with E-state index >= 15 is 0 Å². The van der Waals surface area contributed by atoms with Crippen LogP contribution in [0.25, 0.3) is 0 Å². The fourth-order valence-electron chi connectivity index (χ4n) is 2.97. The minimum absolute atomic E-state index is 0.000777. The van der Waals surface area contributed by atoms with Crippen molar-refractivity contribution in [3.63, 3.8) is 0 Å². The van der Waals surface area contributed by atoms with E-state index in [0.717, 1.165) is 24.8 Å². The molecular weight excluding hydrogens is 308 g/mol. The maximum absolute atomic E-state index is 12.5. The molecule has 3 atom stereocenters. The molecule has 0 aliphatic heterocycles. The summed E-state index contributed by atoms with van der Waals surface area (Å²) in [6, 6.07) is 4.71. The Morgan fingerprint density at radius 1 is 1.33 bits per heavy atom. The van der Waals surface area contributed by atoms with Crippen molar-refractivity contribution in [3.8, 4) is 0 Å². The number of benzene rings is 1. The molecule has 118 valence electrons. The minimum Gasteiger partial charge on any atom is -0.326 e. The smallest absolute Gasteiger partial charge is 0.240 e. The molecule has 0 saturated heterocycles. The van der Waals surface area contributed by atoms with Crippen LogP contribution < -0.4 is 10.5 Å². The lowest BCUT2D eigenvalue weighted by Gasteiger charge is -2.32. The van der Waals surface area contributed by atoms with Crippen LogP contribution in [0.1, 0.15) is 38.7 Å². The molecule has 0 amide bonds.